The Bertz CT molecular complexity index is 670. The Labute approximate surface area is 148 Å². The smallest absolute Gasteiger partial charge is 0.312 e. The molecule has 5 nitrogen and oxygen atoms in total. The first-order valence-electron chi connectivity index (χ1n) is 9.37. The number of carbonyl (C=O) groups excluding carboxylic acids is 1. The largest absolute Gasteiger partial charge is 0.472 e. The van der Waals surface area contributed by atoms with Crippen molar-refractivity contribution in [2.75, 3.05) is 0 Å². The fourth-order valence-electron chi connectivity index (χ4n) is 6.24. The molecule has 0 bridgehead atoms. The zero-order chi connectivity index (χ0) is 18.0. The maximum atomic E-state index is 12.6. The van der Waals surface area contributed by atoms with Crippen LogP contribution in [0.15, 0.2) is 23.0 Å². The van der Waals surface area contributed by atoms with Crippen molar-refractivity contribution in [3.8, 4) is 0 Å². The third-order valence-electron chi connectivity index (χ3n) is 7.77. The number of hydrogen-bond acceptors (Lipinski definition) is 5. The van der Waals surface area contributed by atoms with Crippen molar-refractivity contribution in [3.05, 3.63) is 24.2 Å². The number of carbonyl (C=O) groups is 1. The molecule has 4 rings (SSSR count). The molecule has 0 aromatic carbocycles. The minimum Gasteiger partial charge on any atom is -0.472 e. The number of ether oxygens (including phenoxy) is 1. The van der Waals surface area contributed by atoms with E-state index in [1.807, 2.05) is 19.9 Å². The van der Waals surface area contributed by atoms with E-state index >= 15 is 0 Å². The third kappa shape index (κ3) is 2.05. The normalized spacial score (nSPS) is 48.9. The van der Waals surface area contributed by atoms with Gasteiger partial charge in [0, 0.05) is 17.3 Å². The summed E-state index contributed by atoms with van der Waals surface area (Å²) in [5.74, 6) is -0.723. The van der Waals surface area contributed by atoms with Crippen LogP contribution in [0.1, 0.15) is 52.0 Å². The van der Waals surface area contributed by atoms with E-state index in [1.165, 1.54) is 0 Å². The lowest BCUT2D eigenvalue weighted by atomic mass is 9.43. The van der Waals surface area contributed by atoms with Gasteiger partial charge in [0.25, 0.3) is 0 Å². The zero-order valence-corrected chi connectivity index (χ0v) is 15.2. The molecule has 5 heteroatoms. The van der Waals surface area contributed by atoms with Gasteiger partial charge in [0.15, 0.2) is 0 Å². The highest BCUT2D eigenvalue weighted by molar-refractivity contribution is 5.80. The molecule has 0 amide bonds. The number of aliphatic hydroxyl groups is 2. The van der Waals surface area contributed by atoms with E-state index in [4.69, 9.17) is 9.15 Å². The van der Waals surface area contributed by atoms with Gasteiger partial charge in [0.2, 0.25) is 0 Å². The van der Waals surface area contributed by atoms with Crippen molar-refractivity contribution < 1.29 is 24.2 Å². The lowest BCUT2D eigenvalue weighted by Crippen LogP contribution is -2.69. The van der Waals surface area contributed by atoms with Crippen LogP contribution in [0, 0.1) is 22.7 Å². The zero-order valence-electron chi connectivity index (χ0n) is 15.2. The Morgan fingerprint density at radius 3 is 2.76 bits per heavy atom. The molecule has 2 aliphatic carbocycles. The summed E-state index contributed by atoms with van der Waals surface area (Å²) < 4.78 is 10.8. The van der Waals surface area contributed by atoms with E-state index in [-0.39, 0.29) is 17.8 Å². The van der Waals surface area contributed by atoms with Gasteiger partial charge in [-0.25, -0.2) is 0 Å². The first-order chi connectivity index (χ1) is 11.7. The molecule has 3 fully saturated rings. The summed E-state index contributed by atoms with van der Waals surface area (Å²) in [4.78, 5) is 12.6. The molecule has 0 unspecified atom stereocenters. The van der Waals surface area contributed by atoms with Crippen LogP contribution in [0.5, 0.6) is 0 Å². The van der Waals surface area contributed by atoms with Crippen molar-refractivity contribution in [1.82, 2.24) is 0 Å². The molecule has 7 atom stereocenters. The van der Waals surface area contributed by atoms with Crippen molar-refractivity contribution in [2.24, 2.45) is 22.7 Å². The van der Waals surface area contributed by atoms with Gasteiger partial charge in [0.1, 0.15) is 6.10 Å². The van der Waals surface area contributed by atoms with Gasteiger partial charge >= 0.3 is 5.97 Å². The summed E-state index contributed by atoms with van der Waals surface area (Å²) in [6, 6.07) is 1.91. The Balaban J connectivity index is 1.75. The fraction of sp³-hybridized carbons (Fsp3) is 0.750. The second-order valence-electron chi connectivity index (χ2n) is 8.87. The topological polar surface area (TPSA) is 79.9 Å². The number of aryl methyl sites for hydroxylation is 1. The summed E-state index contributed by atoms with van der Waals surface area (Å²) in [7, 11) is 0. The number of aliphatic hydroxyl groups excluding tert-OH is 1. The fourth-order valence-corrected chi connectivity index (χ4v) is 6.24. The maximum absolute atomic E-state index is 12.6. The molecule has 0 spiro atoms. The van der Waals surface area contributed by atoms with Gasteiger partial charge in [-0.15, -0.1) is 0 Å². The van der Waals surface area contributed by atoms with E-state index in [0.29, 0.717) is 12.8 Å². The average Bonchev–Trinajstić information content (AvgIpc) is 3.17. The quantitative estimate of drug-likeness (QED) is 0.821. The van der Waals surface area contributed by atoms with E-state index in [0.717, 1.165) is 24.8 Å². The number of rotatable bonds is 3. The van der Waals surface area contributed by atoms with Crippen molar-refractivity contribution in [1.29, 1.82) is 0 Å². The van der Waals surface area contributed by atoms with E-state index in [1.54, 1.807) is 12.5 Å². The summed E-state index contributed by atoms with van der Waals surface area (Å²) in [5.41, 5.74) is -1.08. The lowest BCUT2D eigenvalue weighted by molar-refractivity contribution is -0.252. The first-order valence-corrected chi connectivity index (χ1v) is 9.37. The molecular weight excluding hydrogens is 320 g/mol. The van der Waals surface area contributed by atoms with Gasteiger partial charge in [-0.05, 0) is 44.2 Å². The van der Waals surface area contributed by atoms with Crippen molar-refractivity contribution >= 4 is 5.97 Å². The Morgan fingerprint density at radius 1 is 1.32 bits per heavy atom. The van der Waals surface area contributed by atoms with Crippen LogP contribution in [-0.2, 0) is 16.0 Å². The molecule has 2 saturated carbocycles. The Kier molecular flexibility index (Phi) is 3.65. The van der Waals surface area contributed by atoms with Gasteiger partial charge in [-0.3, -0.25) is 4.79 Å². The molecule has 2 heterocycles. The number of hydrogen-bond donors (Lipinski definition) is 2. The molecule has 1 saturated heterocycles. The van der Waals surface area contributed by atoms with Crippen LogP contribution < -0.4 is 0 Å². The minimum atomic E-state index is -1.06. The molecule has 138 valence electrons. The highest BCUT2D eigenvalue weighted by Crippen LogP contribution is 2.67. The highest BCUT2D eigenvalue weighted by Gasteiger charge is 2.73. The van der Waals surface area contributed by atoms with Gasteiger partial charge in [0.05, 0.1) is 29.6 Å². The minimum absolute atomic E-state index is 0.151. The molecule has 25 heavy (non-hydrogen) atoms. The van der Waals surface area contributed by atoms with Crippen LogP contribution in [0.25, 0.3) is 0 Å². The predicted molar refractivity (Wildman–Crippen MR) is 90.6 cm³/mol. The summed E-state index contributed by atoms with van der Waals surface area (Å²) >= 11 is 0. The summed E-state index contributed by atoms with van der Waals surface area (Å²) in [5, 5.41) is 22.8. The predicted octanol–water partition coefficient (Wildman–Crippen LogP) is 2.69. The molecule has 1 aromatic heterocycles. The number of esters is 1. The van der Waals surface area contributed by atoms with Gasteiger partial charge in [-0.1, -0.05) is 20.3 Å². The van der Waals surface area contributed by atoms with E-state index in [2.05, 4.69) is 6.92 Å². The Hall–Kier alpha value is -1.33. The second-order valence-corrected chi connectivity index (χ2v) is 8.87. The third-order valence-corrected chi connectivity index (χ3v) is 7.77. The van der Waals surface area contributed by atoms with Gasteiger partial charge in [-0.2, -0.15) is 0 Å². The molecule has 3 aliphatic rings. The SMILES string of the molecule is C[C@@H]1[C@@H](O)[C@H]2OC(=O)[C@@]3(C)CCC[C@@](C)([C@@H]23)[C@@]1(O)CCc1ccoc1. The molecule has 1 aromatic rings. The van der Waals surface area contributed by atoms with Crippen LogP contribution in [0.3, 0.4) is 0 Å². The van der Waals surface area contributed by atoms with Crippen LogP contribution in [-0.4, -0.2) is 34.0 Å². The van der Waals surface area contributed by atoms with Crippen LogP contribution >= 0.6 is 0 Å². The van der Waals surface area contributed by atoms with Crippen molar-refractivity contribution in [3.63, 3.8) is 0 Å². The van der Waals surface area contributed by atoms with Crippen LogP contribution in [0.4, 0.5) is 0 Å². The van der Waals surface area contributed by atoms with Crippen LogP contribution in [0.2, 0.25) is 0 Å². The van der Waals surface area contributed by atoms with E-state index in [9.17, 15) is 15.0 Å². The van der Waals surface area contributed by atoms with E-state index < -0.39 is 28.6 Å². The van der Waals surface area contributed by atoms with Crippen molar-refractivity contribution in [2.45, 2.75) is 70.7 Å². The maximum Gasteiger partial charge on any atom is 0.312 e. The summed E-state index contributed by atoms with van der Waals surface area (Å²) in [6.45, 7) is 5.94. The second kappa shape index (κ2) is 5.34. The monoisotopic (exact) mass is 348 g/mol. The summed E-state index contributed by atoms with van der Waals surface area (Å²) in [6.07, 6.45) is 5.71. The van der Waals surface area contributed by atoms with Gasteiger partial charge < -0.3 is 19.4 Å². The molecular formula is C20H28O5. The Morgan fingerprint density at radius 2 is 2.08 bits per heavy atom. The lowest BCUT2D eigenvalue weighted by Gasteiger charge is -2.62. The number of furan rings is 1. The molecule has 0 radical (unpaired) electrons. The molecule has 1 aliphatic heterocycles. The standard InChI is InChI=1S/C20H28O5/c1-12-14(21)15-16-18(2,17(22)25-15)7-4-8-19(16,3)20(12,23)9-5-13-6-10-24-11-13/h6,10-12,14-16,21,23H,4-5,7-9H2,1-3H3/t12-,14-,15-,16+,18+,19+,20-/m1/s1. The highest BCUT2D eigenvalue weighted by atomic mass is 16.6. The average molecular weight is 348 g/mol. The first kappa shape index (κ1) is 17.1. The molecule has 2 N–H and O–H groups in total.